The molecule has 122 valence electrons. The van der Waals surface area contributed by atoms with Crippen molar-refractivity contribution in [3.63, 3.8) is 0 Å². The summed E-state index contributed by atoms with van der Waals surface area (Å²) in [6.07, 6.45) is 2.77. The van der Waals surface area contributed by atoms with Gasteiger partial charge >= 0.3 is 0 Å². The summed E-state index contributed by atoms with van der Waals surface area (Å²) >= 11 is 1.99. The van der Waals surface area contributed by atoms with Gasteiger partial charge in [-0.3, -0.25) is 0 Å². The largest absolute Gasteiger partial charge is 0.349 e. The van der Waals surface area contributed by atoms with E-state index in [4.69, 9.17) is 0 Å². The van der Waals surface area contributed by atoms with Crippen LogP contribution in [0.1, 0.15) is 12.8 Å². The van der Waals surface area contributed by atoms with Crippen molar-refractivity contribution in [1.29, 1.82) is 0 Å². The van der Waals surface area contributed by atoms with Crippen LogP contribution in [0.5, 0.6) is 0 Å². The molecule has 2 saturated heterocycles. The average molecular weight is 325 g/mol. The van der Waals surface area contributed by atoms with Crippen molar-refractivity contribution in [2.24, 2.45) is 0 Å². The summed E-state index contributed by atoms with van der Waals surface area (Å²) in [5.41, 5.74) is 0. The topological polar surface area (TPSA) is 44.3 Å². The van der Waals surface area contributed by atoms with Crippen molar-refractivity contribution in [2.45, 2.75) is 31.1 Å². The number of halogens is 1. The van der Waals surface area contributed by atoms with E-state index < -0.39 is 6.17 Å². The normalized spacial score (nSPS) is 28.3. The van der Waals surface area contributed by atoms with E-state index in [2.05, 4.69) is 20.2 Å². The smallest absolute Gasteiger partial charge is 0.226 e. The summed E-state index contributed by atoms with van der Waals surface area (Å²) < 4.78 is 13.9. The Balaban J connectivity index is 1.68. The summed E-state index contributed by atoms with van der Waals surface area (Å²) in [6, 6.07) is 2.63. The van der Waals surface area contributed by atoms with Crippen molar-refractivity contribution < 1.29 is 4.39 Å². The van der Waals surface area contributed by atoms with E-state index in [1.54, 1.807) is 6.20 Å². The van der Waals surface area contributed by atoms with Gasteiger partial charge in [0.05, 0.1) is 6.54 Å². The number of rotatable bonds is 5. The van der Waals surface area contributed by atoms with Crippen LogP contribution in [-0.4, -0.2) is 66.9 Å². The van der Waals surface area contributed by atoms with Crippen LogP contribution in [0.25, 0.3) is 0 Å². The Bertz CT molecular complexity index is 495. The number of alkyl halides is 1. The number of aromatic nitrogens is 2. The quantitative estimate of drug-likeness (QED) is 0.886. The van der Waals surface area contributed by atoms with Crippen LogP contribution >= 0.6 is 11.8 Å². The molecule has 3 rings (SSSR count). The predicted octanol–water partition coefficient (Wildman–Crippen LogP) is 1.55. The minimum atomic E-state index is -0.775. The molecule has 0 aliphatic carbocycles. The molecule has 0 amide bonds. The summed E-state index contributed by atoms with van der Waals surface area (Å²) in [5.74, 6) is 3.89. The number of nitrogens with zero attached hydrogens (tertiary/aromatic N) is 4. The molecule has 0 unspecified atom stereocenters. The molecule has 0 bridgehead atoms. The number of nitrogens with one attached hydrogen (secondary N) is 1. The third-order valence-corrected chi connectivity index (χ3v) is 5.42. The van der Waals surface area contributed by atoms with Crippen molar-refractivity contribution in [3.8, 4) is 0 Å². The van der Waals surface area contributed by atoms with E-state index in [0.29, 0.717) is 25.0 Å². The van der Waals surface area contributed by atoms with Crippen LogP contribution in [0, 0.1) is 0 Å². The zero-order valence-corrected chi connectivity index (χ0v) is 14.0. The minimum Gasteiger partial charge on any atom is -0.349 e. The lowest BCUT2D eigenvalue weighted by molar-refractivity contribution is 0.353. The van der Waals surface area contributed by atoms with E-state index in [0.717, 1.165) is 12.4 Å². The van der Waals surface area contributed by atoms with Gasteiger partial charge in [-0.1, -0.05) is 0 Å². The molecule has 3 atom stereocenters. The average Bonchev–Trinajstić information content (AvgIpc) is 3.14. The summed E-state index contributed by atoms with van der Waals surface area (Å²) in [7, 11) is 3.83. The highest BCUT2D eigenvalue weighted by molar-refractivity contribution is 7.99. The maximum absolute atomic E-state index is 13.9. The highest BCUT2D eigenvalue weighted by atomic mass is 32.2. The summed E-state index contributed by atoms with van der Waals surface area (Å²) in [6.45, 7) is 1.25. The third-order valence-electron chi connectivity index (χ3n) is 4.26. The molecule has 2 fully saturated rings. The summed E-state index contributed by atoms with van der Waals surface area (Å²) in [5, 5.41) is 3.60. The molecule has 1 aromatic heterocycles. The first-order valence-corrected chi connectivity index (χ1v) is 9.01. The predicted molar refractivity (Wildman–Crippen MR) is 90.7 cm³/mol. The number of hydrogen-bond donors (Lipinski definition) is 1. The zero-order chi connectivity index (χ0) is 15.5. The van der Waals surface area contributed by atoms with E-state index in [9.17, 15) is 4.39 Å². The number of anilines is 2. The van der Waals surface area contributed by atoms with Gasteiger partial charge in [0, 0.05) is 51.1 Å². The molecule has 3 heterocycles. The first-order chi connectivity index (χ1) is 10.6. The molecule has 0 spiro atoms. The van der Waals surface area contributed by atoms with Crippen molar-refractivity contribution >= 4 is 23.5 Å². The molecule has 0 radical (unpaired) electrons. The summed E-state index contributed by atoms with van der Waals surface area (Å²) in [4.78, 5) is 12.8. The lowest BCUT2D eigenvalue weighted by atomic mass is 10.2. The highest BCUT2D eigenvalue weighted by Gasteiger charge is 2.33. The Kier molecular flexibility index (Phi) is 5.03. The van der Waals surface area contributed by atoms with E-state index in [-0.39, 0.29) is 6.04 Å². The Hall–Kier alpha value is -1.08. The van der Waals surface area contributed by atoms with Gasteiger partial charge < -0.3 is 15.1 Å². The molecule has 2 aliphatic rings. The standard InChI is InChI=1S/C15H24FN5S/c1-20(2)15-17-5-3-14(19-15)21-9-11(16)7-13(21)8-18-12-4-6-22-10-12/h3,5,11-13,18H,4,6-10H2,1-2H3/t11-,12-,13-/m0/s1. The maximum atomic E-state index is 13.9. The second-order valence-electron chi connectivity index (χ2n) is 6.22. The van der Waals surface area contributed by atoms with Gasteiger partial charge in [-0.05, 0) is 18.2 Å². The Labute approximate surface area is 135 Å². The van der Waals surface area contributed by atoms with Crippen LogP contribution in [0.3, 0.4) is 0 Å². The molecule has 1 N–H and O–H groups in total. The fourth-order valence-electron chi connectivity index (χ4n) is 3.05. The molecular formula is C15H24FN5S. The van der Waals surface area contributed by atoms with Crippen LogP contribution < -0.4 is 15.1 Å². The molecule has 0 saturated carbocycles. The Morgan fingerprint density at radius 2 is 2.36 bits per heavy atom. The fourth-order valence-corrected chi connectivity index (χ4v) is 4.23. The molecule has 5 nitrogen and oxygen atoms in total. The van der Waals surface area contributed by atoms with E-state index >= 15 is 0 Å². The maximum Gasteiger partial charge on any atom is 0.226 e. The zero-order valence-electron chi connectivity index (χ0n) is 13.2. The first kappa shape index (κ1) is 15.8. The fraction of sp³-hybridized carbons (Fsp3) is 0.733. The van der Waals surface area contributed by atoms with Gasteiger partial charge in [-0.2, -0.15) is 16.7 Å². The van der Waals surface area contributed by atoms with Gasteiger partial charge in [0.1, 0.15) is 12.0 Å². The van der Waals surface area contributed by atoms with Gasteiger partial charge in [0.25, 0.3) is 0 Å². The Morgan fingerprint density at radius 1 is 1.50 bits per heavy atom. The van der Waals surface area contributed by atoms with Crippen LogP contribution in [0.4, 0.5) is 16.2 Å². The van der Waals surface area contributed by atoms with Crippen molar-refractivity contribution in [2.75, 3.05) is 48.5 Å². The van der Waals surface area contributed by atoms with E-state index in [1.165, 1.54) is 17.9 Å². The van der Waals surface area contributed by atoms with Gasteiger partial charge in [-0.15, -0.1) is 0 Å². The number of thioether (sulfide) groups is 1. The van der Waals surface area contributed by atoms with E-state index in [1.807, 2.05) is 36.8 Å². The van der Waals surface area contributed by atoms with Gasteiger partial charge in [-0.25, -0.2) is 9.37 Å². The van der Waals surface area contributed by atoms with Crippen molar-refractivity contribution in [1.82, 2.24) is 15.3 Å². The van der Waals surface area contributed by atoms with Gasteiger partial charge in [0.15, 0.2) is 0 Å². The lowest BCUT2D eigenvalue weighted by Gasteiger charge is -2.27. The SMILES string of the molecule is CN(C)c1nccc(N2C[C@@H](F)C[C@H]2CN[C@H]2CCSC2)n1. The molecule has 0 aromatic carbocycles. The molecule has 1 aromatic rings. The van der Waals surface area contributed by atoms with Gasteiger partial charge in [0.2, 0.25) is 5.95 Å². The lowest BCUT2D eigenvalue weighted by Crippen LogP contribution is -2.42. The van der Waals surface area contributed by atoms with Crippen LogP contribution in [0.2, 0.25) is 0 Å². The van der Waals surface area contributed by atoms with Crippen molar-refractivity contribution in [3.05, 3.63) is 12.3 Å². The second kappa shape index (κ2) is 7.00. The molecule has 2 aliphatic heterocycles. The van der Waals surface area contributed by atoms with Crippen LogP contribution in [0.15, 0.2) is 12.3 Å². The highest BCUT2D eigenvalue weighted by Crippen LogP contribution is 2.27. The minimum absolute atomic E-state index is 0.172. The molecular weight excluding hydrogens is 301 g/mol. The second-order valence-corrected chi connectivity index (χ2v) is 7.37. The monoisotopic (exact) mass is 325 g/mol. The molecule has 22 heavy (non-hydrogen) atoms. The third kappa shape index (κ3) is 3.63. The first-order valence-electron chi connectivity index (χ1n) is 7.85. The molecule has 7 heteroatoms. The number of hydrogen-bond acceptors (Lipinski definition) is 6. The Morgan fingerprint density at radius 3 is 3.09 bits per heavy atom. The van der Waals surface area contributed by atoms with Crippen LogP contribution in [-0.2, 0) is 0 Å².